The molecule has 0 saturated heterocycles. The number of carbonyl (C=O) groups excluding carboxylic acids is 1. The highest BCUT2D eigenvalue weighted by Crippen LogP contribution is 2.46. The molecule has 0 aliphatic heterocycles. The van der Waals surface area contributed by atoms with Crippen molar-refractivity contribution in [2.24, 2.45) is 11.8 Å². The number of hydrogen-bond donors (Lipinski definition) is 2. The van der Waals surface area contributed by atoms with E-state index in [1.54, 1.807) is 12.1 Å². The van der Waals surface area contributed by atoms with Gasteiger partial charge in [-0.15, -0.1) is 0 Å². The van der Waals surface area contributed by atoms with Crippen molar-refractivity contribution >= 4 is 23.7 Å². The molecule has 0 spiro atoms. The van der Waals surface area contributed by atoms with Crippen LogP contribution in [-0.4, -0.2) is 15.8 Å². The van der Waals surface area contributed by atoms with Crippen LogP contribution in [0, 0.1) is 17.7 Å². The summed E-state index contributed by atoms with van der Waals surface area (Å²) in [5.74, 6) is 0.603. The summed E-state index contributed by atoms with van der Waals surface area (Å²) in [6.07, 6.45) is 8.11. The molecule has 1 aromatic heterocycles. The molecule has 3 unspecified atom stereocenters. The number of halogens is 2. The maximum atomic E-state index is 13.5. The Hall–Kier alpha value is -3.90. The number of carbonyl (C=O) groups is 1. The van der Waals surface area contributed by atoms with Crippen molar-refractivity contribution in [3.05, 3.63) is 124 Å². The molecule has 1 fully saturated rings. The largest absolute Gasteiger partial charge is 0.334 e. The first-order chi connectivity index (χ1) is 19.0. The van der Waals surface area contributed by atoms with E-state index in [9.17, 15) is 9.18 Å². The fourth-order valence-electron chi connectivity index (χ4n) is 6.00. The van der Waals surface area contributed by atoms with E-state index >= 15 is 0 Å². The van der Waals surface area contributed by atoms with Crippen molar-refractivity contribution in [2.45, 2.75) is 38.3 Å². The van der Waals surface area contributed by atoms with E-state index in [0.717, 1.165) is 48.2 Å². The molecule has 0 radical (unpaired) electrons. The molecule has 5 nitrogen and oxygen atoms in total. The first-order valence-corrected chi connectivity index (χ1v) is 13.8. The second-order valence-corrected chi connectivity index (χ2v) is 10.8. The Labute approximate surface area is 232 Å². The van der Waals surface area contributed by atoms with E-state index in [0.29, 0.717) is 23.4 Å². The van der Waals surface area contributed by atoms with Gasteiger partial charge in [0.05, 0.1) is 23.6 Å². The van der Waals surface area contributed by atoms with Gasteiger partial charge in [-0.05, 0) is 90.6 Å². The molecule has 3 aromatic carbocycles. The van der Waals surface area contributed by atoms with Crippen LogP contribution in [0.2, 0.25) is 5.02 Å². The highest BCUT2D eigenvalue weighted by molar-refractivity contribution is 6.31. The van der Waals surface area contributed by atoms with Crippen molar-refractivity contribution in [3.8, 4) is 5.69 Å². The van der Waals surface area contributed by atoms with Crippen molar-refractivity contribution in [3.63, 3.8) is 0 Å². The lowest BCUT2D eigenvalue weighted by Gasteiger charge is -2.28. The number of nitrogens with zero attached hydrogens (tertiary/aromatic N) is 2. The Kier molecular flexibility index (Phi) is 7.20. The quantitative estimate of drug-likeness (QED) is 0.259. The van der Waals surface area contributed by atoms with Crippen LogP contribution < -0.4 is 10.6 Å². The van der Waals surface area contributed by atoms with Gasteiger partial charge in [0, 0.05) is 11.6 Å². The molecule has 2 aliphatic rings. The zero-order valence-corrected chi connectivity index (χ0v) is 22.2. The van der Waals surface area contributed by atoms with Gasteiger partial charge in [0.15, 0.2) is 0 Å². The smallest absolute Gasteiger partial charge is 0.315 e. The minimum absolute atomic E-state index is 0.106. The summed E-state index contributed by atoms with van der Waals surface area (Å²) >= 11 is 6.27. The van der Waals surface area contributed by atoms with Crippen LogP contribution >= 0.6 is 11.6 Å². The number of hydrogen-bond acceptors (Lipinski definition) is 2. The van der Waals surface area contributed by atoms with Gasteiger partial charge in [0.1, 0.15) is 5.82 Å². The summed E-state index contributed by atoms with van der Waals surface area (Å²) < 4.78 is 15.4. The van der Waals surface area contributed by atoms with E-state index in [2.05, 4.69) is 33.9 Å². The Bertz CT molecular complexity index is 1500. The summed E-state index contributed by atoms with van der Waals surface area (Å²) in [4.78, 5) is 13.0. The van der Waals surface area contributed by atoms with Crippen molar-refractivity contribution in [2.75, 3.05) is 0 Å². The third kappa shape index (κ3) is 5.48. The number of urea groups is 1. The second-order valence-electron chi connectivity index (χ2n) is 10.4. The molecule has 39 heavy (non-hydrogen) atoms. The molecule has 6 rings (SSSR count). The summed E-state index contributed by atoms with van der Waals surface area (Å²) in [6, 6.07) is 23.9. The SMILES string of the molecule is O=C(NCc1ccccc1Cl)NC(CC1CCC2=Cc3c(cnn3-c3ccc(F)cc3)CC21)c1ccccc1. The topological polar surface area (TPSA) is 59.0 Å². The molecular weight excluding hydrogens is 511 g/mol. The number of aromatic nitrogens is 2. The van der Waals surface area contributed by atoms with Crippen molar-refractivity contribution in [1.29, 1.82) is 0 Å². The van der Waals surface area contributed by atoms with Crippen LogP contribution in [-0.2, 0) is 13.0 Å². The maximum Gasteiger partial charge on any atom is 0.315 e. The standard InChI is InChI=1S/C32H30ClFN4O/c33-29-9-5-4-8-24(29)19-35-32(39)37-30(21-6-2-1-3-7-21)17-22-10-11-23-18-31-25(16-28(22)23)20-36-38(31)27-14-12-26(34)13-15-27/h1-9,12-15,18,20,22,28,30H,10-11,16-17,19H2,(H2,35,37,39). The Balaban J connectivity index is 1.17. The fraction of sp³-hybridized carbons (Fsp3) is 0.250. The van der Waals surface area contributed by atoms with Crippen LogP contribution in [0.4, 0.5) is 9.18 Å². The van der Waals surface area contributed by atoms with Gasteiger partial charge >= 0.3 is 6.03 Å². The van der Waals surface area contributed by atoms with Gasteiger partial charge < -0.3 is 10.6 Å². The fourth-order valence-corrected chi connectivity index (χ4v) is 6.20. The molecule has 1 saturated carbocycles. The van der Waals surface area contributed by atoms with Gasteiger partial charge in [0.25, 0.3) is 0 Å². The van der Waals surface area contributed by atoms with Crippen LogP contribution in [0.1, 0.15) is 47.7 Å². The van der Waals surface area contributed by atoms with Crippen molar-refractivity contribution in [1.82, 2.24) is 20.4 Å². The number of rotatable bonds is 7. The summed E-state index contributed by atoms with van der Waals surface area (Å²) in [5, 5.41) is 11.5. The van der Waals surface area contributed by atoms with E-state index in [1.807, 2.05) is 53.3 Å². The minimum Gasteiger partial charge on any atom is -0.334 e. The molecule has 4 aromatic rings. The van der Waals surface area contributed by atoms with Crippen LogP contribution in [0.5, 0.6) is 0 Å². The highest BCUT2D eigenvalue weighted by atomic mass is 35.5. The average molecular weight is 541 g/mol. The molecule has 2 amide bonds. The summed E-state index contributed by atoms with van der Waals surface area (Å²) in [7, 11) is 0. The molecule has 0 bridgehead atoms. The van der Waals surface area contributed by atoms with E-state index in [-0.39, 0.29) is 17.9 Å². The second kappa shape index (κ2) is 11.1. The van der Waals surface area contributed by atoms with E-state index < -0.39 is 0 Å². The average Bonchev–Trinajstić information content (AvgIpc) is 3.55. The van der Waals surface area contributed by atoms with Crippen molar-refractivity contribution < 1.29 is 9.18 Å². The van der Waals surface area contributed by atoms with Gasteiger partial charge in [-0.1, -0.05) is 65.7 Å². The summed E-state index contributed by atoms with van der Waals surface area (Å²) in [6.45, 7) is 0.368. The Morgan fingerprint density at radius 2 is 1.82 bits per heavy atom. The highest BCUT2D eigenvalue weighted by Gasteiger charge is 2.37. The predicted molar refractivity (Wildman–Crippen MR) is 152 cm³/mol. The molecule has 2 N–H and O–H groups in total. The van der Waals surface area contributed by atoms with E-state index in [1.165, 1.54) is 23.3 Å². The third-order valence-corrected chi connectivity index (χ3v) is 8.38. The number of amides is 2. The Morgan fingerprint density at radius 1 is 1.05 bits per heavy atom. The van der Waals surface area contributed by atoms with Gasteiger partial charge in [-0.25, -0.2) is 13.9 Å². The van der Waals surface area contributed by atoms with Gasteiger partial charge in [-0.3, -0.25) is 0 Å². The third-order valence-electron chi connectivity index (χ3n) is 8.01. The molecular formula is C32H30ClFN4O. The first-order valence-electron chi connectivity index (χ1n) is 13.4. The maximum absolute atomic E-state index is 13.5. The zero-order chi connectivity index (χ0) is 26.8. The zero-order valence-electron chi connectivity index (χ0n) is 21.5. The Morgan fingerprint density at radius 3 is 2.62 bits per heavy atom. The van der Waals surface area contributed by atoms with Crippen LogP contribution in [0.25, 0.3) is 11.8 Å². The van der Waals surface area contributed by atoms with E-state index in [4.69, 9.17) is 11.6 Å². The number of nitrogens with one attached hydrogen (secondary N) is 2. The van der Waals surface area contributed by atoms with Crippen LogP contribution in [0.15, 0.2) is 90.6 Å². The lowest BCUT2D eigenvalue weighted by molar-refractivity contribution is 0.232. The van der Waals surface area contributed by atoms with Crippen LogP contribution in [0.3, 0.4) is 0 Å². The summed E-state index contributed by atoms with van der Waals surface area (Å²) in [5.41, 5.74) is 6.58. The monoisotopic (exact) mass is 540 g/mol. The van der Waals surface area contributed by atoms with Gasteiger partial charge in [-0.2, -0.15) is 5.10 Å². The molecule has 2 aliphatic carbocycles. The first kappa shape index (κ1) is 25.4. The van der Waals surface area contributed by atoms with Gasteiger partial charge in [0.2, 0.25) is 0 Å². The molecule has 198 valence electrons. The predicted octanol–water partition coefficient (Wildman–Crippen LogP) is 7.26. The normalized spacial score (nSPS) is 18.6. The number of allylic oxidation sites excluding steroid dienone is 1. The lowest BCUT2D eigenvalue weighted by atomic mass is 9.80. The molecule has 3 atom stereocenters. The minimum atomic E-state index is -0.254. The molecule has 7 heteroatoms. The number of benzene rings is 3. The lowest BCUT2D eigenvalue weighted by Crippen LogP contribution is -2.38. The number of fused-ring (bicyclic) bond motifs is 2. The molecule has 1 heterocycles.